The van der Waals surface area contributed by atoms with Crippen LogP contribution in [0.4, 0.5) is 0 Å². The zero-order chi connectivity index (χ0) is 14.3. The highest BCUT2D eigenvalue weighted by Gasteiger charge is 2.38. The lowest BCUT2D eigenvalue weighted by Crippen LogP contribution is -2.63. The van der Waals surface area contributed by atoms with Crippen molar-refractivity contribution in [3.05, 3.63) is 11.9 Å². The summed E-state index contributed by atoms with van der Waals surface area (Å²) in [6.07, 6.45) is 1.78. The van der Waals surface area contributed by atoms with Crippen LogP contribution in [-0.4, -0.2) is 65.5 Å². The number of hydrogen-bond donors (Lipinski definition) is 1. The summed E-state index contributed by atoms with van der Waals surface area (Å²) in [5, 5.41) is 4.44. The second kappa shape index (κ2) is 5.35. The van der Waals surface area contributed by atoms with Gasteiger partial charge in [-0.3, -0.25) is 14.5 Å². The molecule has 0 radical (unpaired) electrons. The minimum Gasteiger partial charge on any atom is -0.493 e. The fourth-order valence-corrected chi connectivity index (χ4v) is 3.42. The van der Waals surface area contributed by atoms with E-state index >= 15 is 0 Å². The second-order valence-corrected chi connectivity index (χ2v) is 6.07. The Balaban J connectivity index is 1.90. The first-order valence-electron chi connectivity index (χ1n) is 7.45. The van der Waals surface area contributed by atoms with Crippen LogP contribution in [0.5, 0.6) is 5.75 Å². The zero-order valence-corrected chi connectivity index (χ0v) is 12.6. The molecule has 1 aromatic rings. The highest BCUT2D eigenvalue weighted by Crippen LogP contribution is 2.32. The van der Waals surface area contributed by atoms with Crippen LogP contribution in [0.2, 0.25) is 0 Å². The van der Waals surface area contributed by atoms with Crippen molar-refractivity contribution in [1.82, 2.24) is 19.6 Å². The SMILES string of the molecule is COc1cnn(C(C)C)c1C(N)C1CN2CCN1CC2. The van der Waals surface area contributed by atoms with Crippen molar-refractivity contribution in [3.8, 4) is 5.75 Å². The Morgan fingerprint density at radius 1 is 1.30 bits per heavy atom. The summed E-state index contributed by atoms with van der Waals surface area (Å²) in [7, 11) is 1.69. The molecular weight excluding hydrogens is 254 g/mol. The van der Waals surface area contributed by atoms with Gasteiger partial charge in [0, 0.05) is 44.8 Å². The van der Waals surface area contributed by atoms with Crippen LogP contribution >= 0.6 is 0 Å². The normalized spacial score (nSPS) is 30.8. The maximum Gasteiger partial charge on any atom is 0.161 e. The molecule has 2 unspecified atom stereocenters. The molecule has 4 rings (SSSR count). The van der Waals surface area contributed by atoms with Crippen molar-refractivity contribution in [3.63, 3.8) is 0 Å². The Morgan fingerprint density at radius 3 is 2.50 bits per heavy atom. The summed E-state index contributed by atoms with van der Waals surface area (Å²) in [5.74, 6) is 0.809. The molecule has 3 aliphatic heterocycles. The van der Waals surface area contributed by atoms with Gasteiger partial charge in [0.2, 0.25) is 0 Å². The van der Waals surface area contributed by atoms with Gasteiger partial charge < -0.3 is 10.5 Å². The van der Waals surface area contributed by atoms with Gasteiger partial charge in [0.25, 0.3) is 0 Å². The molecule has 112 valence electrons. The molecule has 3 aliphatic rings. The smallest absolute Gasteiger partial charge is 0.161 e. The molecule has 20 heavy (non-hydrogen) atoms. The third-order valence-corrected chi connectivity index (χ3v) is 4.56. The molecule has 3 saturated heterocycles. The van der Waals surface area contributed by atoms with Gasteiger partial charge in [0.1, 0.15) is 0 Å². The minimum atomic E-state index is -0.0575. The highest BCUT2D eigenvalue weighted by atomic mass is 16.5. The predicted octanol–water partition coefficient (Wildman–Crippen LogP) is 0.472. The lowest BCUT2D eigenvalue weighted by molar-refractivity contribution is 0.000585. The van der Waals surface area contributed by atoms with Crippen LogP contribution in [-0.2, 0) is 0 Å². The van der Waals surface area contributed by atoms with Gasteiger partial charge in [-0.25, -0.2) is 0 Å². The van der Waals surface area contributed by atoms with Crippen LogP contribution in [0.25, 0.3) is 0 Å². The van der Waals surface area contributed by atoms with Gasteiger partial charge >= 0.3 is 0 Å². The molecule has 3 fully saturated rings. The van der Waals surface area contributed by atoms with Gasteiger partial charge in [0.15, 0.2) is 5.75 Å². The molecule has 2 atom stereocenters. The van der Waals surface area contributed by atoms with E-state index in [1.54, 1.807) is 13.3 Å². The Kier molecular flexibility index (Phi) is 3.70. The van der Waals surface area contributed by atoms with E-state index in [4.69, 9.17) is 10.5 Å². The van der Waals surface area contributed by atoms with Crippen molar-refractivity contribution < 1.29 is 4.74 Å². The van der Waals surface area contributed by atoms with E-state index in [1.165, 1.54) is 13.1 Å². The van der Waals surface area contributed by atoms with Gasteiger partial charge in [-0.05, 0) is 13.8 Å². The first-order chi connectivity index (χ1) is 9.61. The summed E-state index contributed by atoms with van der Waals surface area (Å²) in [6.45, 7) is 9.88. The summed E-state index contributed by atoms with van der Waals surface area (Å²) in [6, 6.07) is 0.592. The van der Waals surface area contributed by atoms with E-state index in [1.807, 2.05) is 4.68 Å². The number of piperazine rings is 3. The van der Waals surface area contributed by atoms with E-state index in [9.17, 15) is 0 Å². The number of ether oxygens (including phenoxy) is 1. The van der Waals surface area contributed by atoms with Crippen LogP contribution in [0.3, 0.4) is 0 Å². The molecule has 6 heteroatoms. The van der Waals surface area contributed by atoms with E-state index in [0.717, 1.165) is 31.1 Å². The number of methoxy groups -OCH3 is 1. The monoisotopic (exact) mass is 279 g/mol. The molecule has 0 amide bonds. The molecule has 2 N–H and O–H groups in total. The van der Waals surface area contributed by atoms with Crippen molar-refractivity contribution in [2.45, 2.75) is 32.0 Å². The average molecular weight is 279 g/mol. The highest BCUT2D eigenvalue weighted by molar-refractivity contribution is 5.30. The largest absolute Gasteiger partial charge is 0.493 e. The van der Waals surface area contributed by atoms with Gasteiger partial charge in [0.05, 0.1) is 25.0 Å². The molecule has 2 bridgehead atoms. The lowest BCUT2D eigenvalue weighted by Gasteiger charge is -2.49. The summed E-state index contributed by atoms with van der Waals surface area (Å²) < 4.78 is 7.47. The molecule has 0 aromatic carbocycles. The molecular formula is C14H25N5O. The van der Waals surface area contributed by atoms with E-state index in [-0.39, 0.29) is 12.1 Å². The van der Waals surface area contributed by atoms with Gasteiger partial charge in [-0.2, -0.15) is 5.10 Å². The predicted molar refractivity (Wildman–Crippen MR) is 77.9 cm³/mol. The summed E-state index contributed by atoms with van der Waals surface area (Å²) in [5.41, 5.74) is 7.64. The molecule has 1 aromatic heterocycles. The fourth-order valence-electron chi connectivity index (χ4n) is 3.42. The first-order valence-corrected chi connectivity index (χ1v) is 7.45. The maximum atomic E-state index is 6.61. The number of rotatable bonds is 4. The number of nitrogens with zero attached hydrogens (tertiary/aromatic N) is 4. The van der Waals surface area contributed by atoms with Crippen molar-refractivity contribution in [1.29, 1.82) is 0 Å². The maximum absolute atomic E-state index is 6.61. The number of fused-ring (bicyclic) bond motifs is 3. The fraction of sp³-hybridized carbons (Fsp3) is 0.786. The Hall–Kier alpha value is -1.11. The standard InChI is InChI=1S/C14H25N5O/c1-10(2)19-14(12(20-3)8-16-19)13(15)11-9-17-4-6-18(11)7-5-17/h8,10-11,13H,4-7,9,15H2,1-3H3. The lowest BCUT2D eigenvalue weighted by atomic mass is 9.97. The third-order valence-electron chi connectivity index (χ3n) is 4.56. The van der Waals surface area contributed by atoms with Crippen molar-refractivity contribution in [2.24, 2.45) is 5.73 Å². The van der Waals surface area contributed by atoms with Crippen LogP contribution in [0.1, 0.15) is 31.6 Å². The quantitative estimate of drug-likeness (QED) is 0.868. The Labute approximate surface area is 120 Å². The van der Waals surface area contributed by atoms with Crippen LogP contribution < -0.4 is 10.5 Å². The van der Waals surface area contributed by atoms with Crippen LogP contribution in [0.15, 0.2) is 6.20 Å². The van der Waals surface area contributed by atoms with Gasteiger partial charge in [-0.15, -0.1) is 0 Å². The van der Waals surface area contributed by atoms with Crippen molar-refractivity contribution in [2.75, 3.05) is 39.8 Å². The Bertz CT molecular complexity index is 464. The average Bonchev–Trinajstić information content (AvgIpc) is 2.91. The number of hydrogen-bond acceptors (Lipinski definition) is 5. The second-order valence-electron chi connectivity index (χ2n) is 6.07. The van der Waals surface area contributed by atoms with Crippen LogP contribution in [0, 0.1) is 0 Å². The minimum absolute atomic E-state index is 0.0575. The molecule has 0 aliphatic carbocycles. The third kappa shape index (κ3) is 2.21. The first kappa shape index (κ1) is 13.9. The molecule has 6 nitrogen and oxygen atoms in total. The zero-order valence-electron chi connectivity index (χ0n) is 12.6. The molecule has 4 heterocycles. The molecule has 0 saturated carbocycles. The van der Waals surface area contributed by atoms with Crippen molar-refractivity contribution >= 4 is 0 Å². The number of aromatic nitrogens is 2. The van der Waals surface area contributed by atoms with E-state index < -0.39 is 0 Å². The van der Waals surface area contributed by atoms with Gasteiger partial charge in [-0.1, -0.05) is 0 Å². The summed E-state index contributed by atoms with van der Waals surface area (Å²) in [4.78, 5) is 5.02. The topological polar surface area (TPSA) is 59.6 Å². The number of nitrogens with two attached hydrogens (primary N) is 1. The summed E-state index contributed by atoms with van der Waals surface area (Å²) >= 11 is 0. The van der Waals surface area contributed by atoms with E-state index in [2.05, 4.69) is 28.7 Å². The Morgan fingerprint density at radius 2 is 2.00 bits per heavy atom. The molecule has 0 spiro atoms. The van der Waals surface area contributed by atoms with E-state index in [0.29, 0.717) is 6.04 Å².